The number of allylic oxidation sites excluding steroid dienone is 1. The summed E-state index contributed by atoms with van der Waals surface area (Å²) in [5.74, 6) is 0.195. The van der Waals surface area contributed by atoms with Gasteiger partial charge in [0.25, 0.3) is 0 Å². The zero-order valence-electron chi connectivity index (χ0n) is 12.6. The summed E-state index contributed by atoms with van der Waals surface area (Å²) in [5.41, 5.74) is 3.67. The molecule has 114 valence electrons. The second-order valence-electron chi connectivity index (χ2n) is 6.31. The molecule has 4 rings (SSSR count). The zero-order valence-corrected chi connectivity index (χ0v) is 13.4. The average molecular weight is 322 g/mol. The molecule has 2 aliphatic rings. The Kier molecular flexibility index (Phi) is 3.42. The molecule has 0 aromatic heterocycles. The third-order valence-electron chi connectivity index (χ3n) is 4.69. The van der Waals surface area contributed by atoms with Crippen LogP contribution in [0.25, 0.3) is 0 Å². The first-order valence-corrected chi connectivity index (χ1v) is 8.14. The van der Waals surface area contributed by atoms with Crippen molar-refractivity contribution < 1.29 is 4.79 Å². The minimum absolute atomic E-state index is 0.195. The van der Waals surface area contributed by atoms with E-state index in [1.165, 1.54) is 5.56 Å². The quantitative estimate of drug-likeness (QED) is 0.790. The lowest BCUT2D eigenvalue weighted by Gasteiger charge is -2.26. The minimum Gasteiger partial charge on any atom is -0.293 e. The number of nitrogens with zero attached hydrogens (tertiary/aromatic N) is 1. The van der Waals surface area contributed by atoms with Gasteiger partial charge in [0.05, 0.1) is 5.41 Å². The summed E-state index contributed by atoms with van der Waals surface area (Å²) in [4.78, 5) is 17.4. The van der Waals surface area contributed by atoms with Crippen LogP contribution in [0.3, 0.4) is 0 Å². The number of ketones is 1. The minimum atomic E-state index is -0.473. The van der Waals surface area contributed by atoms with Crippen LogP contribution in [0.15, 0.2) is 65.8 Å². The molecule has 0 N–H and O–H groups in total. The van der Waals surface area contributed by atoms with Crippen LogP contribution in [0.1, 0.15) is 27.9 Å². The molecule has 0 fully saturated rings. The van der Waals surface area contributed by atoms with Crippen molar-refractivity contribution in [2.75, 3.05) is 0 Å². The first kappa shape index (κ1) is 14.4. The number of rotatable bonds is 2. The summed E-state index contributed by atoms with van der Waals surface area (Å²) < 4.78 is 0. The van der Waals surface area contributed by atoms with E-state index in [2.05, 4.69) is 17.1 Å². The molecule has 1 unspecified atom stereocenters. The number of carbonyl (C=O) groups excluding carboxylic acids is 1. The van der Waals surface area contributed by atoms with E-state index in [-0.39, 0.29) is 5.78 Å². The van der Waals surface area contributed by atoms with Crippen LogP contribution in [0, 0.1) is 5.41 Å². The summed E-state index contributed by atoms with van der Waals surface area (Å²) in [6.07, 6.45) is 5.96. The van der Waals surface area contributed by atoms with Crippen LogP contribution >= 0.6 is 11.6 Å². The summed E-state index contributed by atoms with van der Waals surface area (Å²) in [7, 11) is 0. The highest BCUT2D eigenvalue weighted by Crippen LogP contribution is 2.43. The van der Waals surface area contributed by atoms with Crippen molar-refractivity contribution >= 4 is 23.1 Å². The molecular formula is C20H16ClNO. The van der Waals surface area contributed by atoms with Gasteiger partial charge in [-0.3, -0.25) is 9.79 Å². The highest BCUT2D eigenvalue weighted by molar-refractivity contribution is 6.31. The molecule has 1 aliphatic carbocycles. The van der Waals surface area contributed by atoms with E-state index in [0.29, 0.717) is 17.9 Å². The number of carbonyl (C=O) groups is 1. The Morgan fingerprint density at radius 3 is 2.74 bits per heavy atom. The van der Waals surface area contributed by atoms with Gasteiger partial charge in [0.15, 0.2) is 5.78 Å². The largest absolute Gasteiger partial charge is 0.293 e. The molecule has 2 nitrogen and oxygen atoms in total. The maximum absolute atomic E-state index is 12.9. The monoisotopic (exact) mass is 321 g/mol. The number of Topliss-reactive ketones (excluding diaryl/α,β-unsaturated/α-hetero) is 1. The van der Waals surface area contributed by atoms with Gasteiger partial charge in [-0.25, -0.2) is 0 Å². The predicted octanol–water partition coefficient (Wildman–Crippen LogP) is 4.67. The molecule has 0 bridgehead atoms. The van der Waals surface area contributed by atoms with E-state index in [9.17, 15) is 4.79 Å². The third kappa shape index (κ3) is 2.53. The van der Waals surface area contributed by atoms with E-state index in [4.69, 9.17) is 11.6 Å². The van der Waals surface area contributed by atoms with Crippen molar-refractivity contribution in [2.24, 2.45) is 10.4 Å². The van der Waals surface area contributed by atoms with Crippen LogP contribution in [0.5, 0.6) is 0 Å². The number of fused-ring (bicyclic) bond motifs is 1. The number of aliphatic imine (C=N–C) groups is 1. The van der Waals surface area contributed by atoms with Crippen LogP contribution in [0.2, 0.25) is 5.02 Å². The second-order valence-corrected chi connectivity index (χ2v) is 6.75. The van der Waals surface area contributed by atoms with Crippen LogP contribution in [-0.4, -0.2) is 11.5 Å². The van der Waals surface area contributed by atoms with Gasteiger partial charge in [0.1, 0.15) is 0 Å². The number of benzene rings is 2. The standard InChI is InChI=1S/C20H16ClNO/c21-16-6-7-18-15(11-16)12-20(19(18)23)8-9-22-17(13-20)10-14-4-2-1-3-5-14/h1-9,11H,10,12-13H2. The number of hydrogen-bond donors (Lipinski definition) is 0. The lowest BCUT2D eigenvalue weighted by atomic mass is 9.76. The van der Waals surface area contributed by atoms with E-state index in [1.54, 1.807) is 12.3 Å². The molecule has 3 heteroatoms. The van der Waals surface area contributed by atoms with Crippen molar-refractivity contribution in [3.05, 3.63) is 82.5 Å². The molecule has 2 aromatic rings. The fraction of sp³-hybridized carbons (Fsp3) is 0.200. The lowest BCUT2D eigenvalue weighted by molar-refractivity contribution is 0.0879. The third-order valence-corrected chi connectivity index (χ3v) is 4.93. The summed E-state index contributed by atoms with van der Waals surface area (Å²) in [6, 6.07) is 15.8. The van der Waals surface area contributed by atoms with Crippen molar-refractivity contribution in [1.82, 2.24) is 0 Å². The molecule has 0 saturated carbocycles. The van der Waals surface area contributed by atoms with Crippen molar-refractivity contribution in [3.63, 3.8) is 0 Å². The number of halogens is 1. The van der Waals surface area contributed by atoms with Gasteiger partial charge in [-0.15, -0.1) is 0 Å². The van der Waals surface area contributed by atoms with Gasteiger partial charge in [0.2, 0.25) is 0 Å². The first-order valence-electron chi connectivity index (χ1n) is 7.77. The molecule has 1 atom stereocenters. The van der Waals surface area contributed by atoms with Crippen LogP contribution < -0.4 is 0 Å². The average Bonchev–Trinajstić information content (AvgIpc) is 2.80. The number of hydrogen-bond acceptors (Lipinski definition) is 2. The fourth-order valence-electron chi connectivity index (χ4n) is 3.59. The van der Waals surface area contributed by atoms with E-state index < -0.39 is 5.41 Å². The van der Waals surface area contributed by atoms with E-state index >= 15 is 0 Å². The molecule has 23 heavy (non-hydrogen) atoms. The molecule has 1 aliphatic heterocycles. The topological polar surface area (TPSA) is 29.4 Å². The molecule has 0 saturated heterocycles. The molecule has 2 aromatic carbocycles. The molecular weight excluding hydrogens is 306 g/mol. The van der Waals surface area contributed by atoms with Gasteiger partial charge >= 0.3 is 0 Å². The molecule has 0 radical (unpaired) electrons. The Hall–Kier alpha value is -2.19. The molecule has 1 heterocycles. The van der Waals surface area contributed by atoms with Crippen molar-refractivity contribution in [1.29, 1.82) is 0 Å². The van der Waals surface area contributed by atoms with Gasteiger partial charge in [0, 0.05) is 35.3 Å². The van der Waals surface area contributed by atoms with Gasteiger partial charge in [-0.05, 0) is 35.7 Å². The van der Waals surface area contributed by atoms with Crippen molar-refractivity contribution in [2.45, 2.75) is 19.3 Å². The highest BCUT2D eigenvalue weighted by Gasteiger charge is 2.45. The fourth-order valence-corrected chi connectivity index (χ4v) is 3.78. The second kappa shape index (κ2) is 5.47. The lowest BCUT2D eigenvalue weighted by Crippen LogP contribution is -2.31. The maximum Gasteiger partial charge on any atom is 0.173 e. The van der Waals surface area contributed by atoms with E-state index in [0.717, 1.165) is 23.3 Å². The Labute approximate surface area is 140 Å². The predicted molar refractivity (Wildman–Crippen MR) is 93.3 cm³/mol. The summed E-state index contributed by atoms with van der Waals surface area (Å²) in [6.45, 7) is 0. The normalized spacial score (nSPS) is 22.3. The summed E-state index contributed by atoms with van der Waals surface area (Å²) >= 11 is 6.08. The molecule has 0 amide bonds. The highest BCUT2D eigenvalue weighted by atomic mass is 35.5. The van der Waals surface area contributed by atoms with Crippen LogP contribution in [0.4, 0.5) is 0 Å². The van der Waals surface area contributed by atoms with Crippen molar-refractivity contribution in [3.8, 4) is 0 Å². The Bertz CT molecular complexity index is 838. The SMILES string of the molecule is O=C1c2ccc(Cl)cc2CC12C=CN=C(Cc1ccccc1)C2. The van der Waals surface area contributed by atoms with E-state index in [1.807, 2.05) is 36.4 Å². The van der Waals surface area contributed by atoms with Crippen LogP contribution in [-0.2, 0) is 12.8 Å². The van der Waals surface area contributed by atoms with Gasteiger partial charge < -0.3 is 0 Å². The van der Waals surface area contributed by atoms with Gasteiger partial charge in [-0.2, -0.15) is 0 Å². The maximum atomic E-state index is 12.9. The Balaban J connectivity index is 1.61. The van der Waals surface area contributed by atoms with Gasteiger partial charge in [-0.1, -0.05) is 48.0 Å². The first-order chi connectivity index (χ1) is 11.2. The molecule has 1 spiro atoms. The zero-order chi connectivity index (χ0) is 15.9. The summed E-state index contributed by atoms with van der Waals surface area (Å²) in [5, 5.41) is 0.687. The Morgan fingerprint density at radius 2 is 1.91 bits per heavy atom. The Morgan fingerprint density at radius 1 is 1.09 bits per heavy atom. The smallest absolute Gasteiger partial charge is 0.173 e.